The van der Waals surface area contributed by atoms with Gasteiger partial charge in [0.15, 0.2) is 6.19 Å². The van der Waals surface area contributed by atoms with Crippen LogP contribution in [0.3, 0.4) is 0 Å². The predicted molar refractivity (Wildman–Crippen MR) is 55.6 cm³/mol. The largest absolute Gasteiger partial charge is 0.462 e. The summed E-state index contributed by atoms with van der Waals surface area (Å²) in [6.07, 6.45) is 6.53. The van der Waals surface area contributed by atoms with Gasteiger partial charge in [-0.2, -0.15) is 10.5 Å². The maximum atomic E-state index is 8.87. The van der Waals surface area contributed by atoms with E-state index in [-0.39, 0.29) is 6.04 Å². The molecule has 0 aromatic carbocycles. The zero-order valence-corrected chi connectivity index (χ0v) is 8.90. The van der Waals surface area contributed by atoms with Crippen molar-refractivity contribution in [2.75, 3.05) is 6.54 Å². The lowest BCUT2D eigenvalue weighted by Crippen LogP contribution is -2.30. The second-order valence-electron chi connectivity index (χ2n) is 3.12. The van der Waals surface area contributed by atoms with Crippen LogP contribution in [-0.4, -0.2) is 22.6 Å². The Hall–Kier alpha value is -1.86. The van der Waals surface area contributed by atoms with Crippen molar-refractivity contribution in [1.82, 2.24) is 4.90 Å². The molecule has 4 heteroatoms. The number of aliphatic hydroxyl groups excluding tert-OH is 1. The Morgan fingerprint density at radius 1 is 1.40 bits per heavy atom. The fourth-order valence-corrected chi connectivity index (χ4v) is 1.27. The van der Waals surface area contributed by atoms with E-state index in [9.17, 15) is 0 Å². The number of nitriles is 2. The number of hydrogen-bond donors (Lipinski definition) is 1. The molecule has 15 heavy (non-hydrogen) atoms. The van der Waals surface area contributed by atoms with E-state index in [1.54, 1.807) is 4.90 Å². The molecule has 0 aliphatic rings. The summed E-state index contributed by atoms with van der Waals surface area (Å²) < 4.78 is 0. The van der Waals surface area contributed by atoms with Crippen LogP contribution in [0.1, 0.15) is 32.6 Å². The standard InChI is InChI=1S/C11H15N3O/c1-2-8-14(10-13)11(6-9-15)5-3-4-7-12/h11,15H,2-5,8H2,1H3. The Morgan fingerprint density at radius 3 is 2.60 bits per heavy atom. The van der Waals surface area contributed by atoms with Crippen LogP contribution >= 0.6 is 0 Å². The Balaban J connectivity index is 4.28. The molecule has 80 valence electrons. The van der Waals surface area contributed by atoms with Crippen LogP contribution in [0.5, 0.6) is 0 Å². The molecule has 0 rings (SSSR count). The summed E-state index contributed by atoms with van der Waals surface area (Å²) in [5.41, 5.74) is 0. The number of unbranched alkanes of at least 4 members (excludes halogenated alkanes) is 1. The van der Waals surface area contributed by atoms with Gasteiger partial charge in [0.2, 0.25) is 0 Å². The van der Waals surface area contributed by atoms with Gasteiger partial charge >= 0.3 is 0 Å². The molecule has 0 radical (unpaired) electrons. The first-order valence-electron chi connectivity index (χ1n) is 4.98. The predicted octanol–water partition coefficient (Wildman–Crippen LogP) is 1.58. The molecular formula is C11H15N3O. The molecule has 0 aliphatic heterocycles. The summed E-state index contributed by atoms with van der Waals surface area (Å²) in [6, 6.07) is 1.77. The van der Waals surface area contributed by atoms with Crippen LogP contribution < -0.4 is 0 Å². The van der Waals surface area contributed by atoms with Gasteiger partial charge in [-0.05, 0) is 25.2 Å². The van der Waals surface area contributed by atoms with Crippen molar-refractivity contribution in [2.24, 2.45) is 0 Å². The molecule has 0 aromatic heterocycles. The van der Waals surface area contributed by atoms with Gasteiger partial charge in [-0.1, -0.05) is 6.92 Å². The van der Waals surface area contributed by atoms with Crippen molar-refractivity contribution in [3.63, 3.8) is 0 Å². The molecule has 0 amide bonds. The first-order valence-corrected chi connectivity index (χ1v) is 4.98. The highest BCUT2D eigenvalue weighted by Gasteiger charge is 2.13. The molecule has 0 heterocycles. The van der Waals surface area contributed by atoms with E-state index < -0.39 is 0 Å². The topological polar surface area (TPSA) is 71.1 Å². The van der Waals surface area contributed by atoms with Crippen LogP contribution in [0.15, 0.2) is 0 Å². The third-order valence-electron chi connectivity index (χ3n) is 1.97. The third-order valence-corrected chi connectivity index (χ3v) is 1.97. The molecule has 0 aromatic rings. The van der Waals surface area contributed by atoms with Crippen LogP contribution in [0, 0.1) is 34.8 Å². The van der Waals surface area contributed by atoms with Gasteiger partial charge in [-0.3, -0.25) is 4.90 Å². The van der Waals surface area contributed by atoms with Gasteiger partial charge in [0, 0.05) is 13.0 Å². The quantitative estimate of drug-likeness (QED) is 0.309. The fraction of sp³-hybridized carbons (Fsp3) is 0.636. The zero-order chi connectivity index (χ0) is 11.5. The lowest BCUT2D eigenvalue weighted by atomic mass is 10.1. The summed E-state index contributed by atoms with van der Waals surface area (Å²) in [6.45, 7) is 2.60. The van der Waals surface area contributed by atoms with E-state index >= 15 is 0 Å². The van der Waals surface area contributed by atoms with E-state index in [1.807, 2.05) is 19.1 Å². The van der Waals surface area contributed by atoms with Gasteiger partial charge in [-0.25, -0.2) is 0 Å². The first-order chi connectivity index (χ1) is 7.29. The zero-order valence-electron chi connectivity index (χ0n) is 8.90. The van der Waals surface area contributed by atoms with E-state index in [0.29, 0.717) is 25.8 Å². The van der Waals surface area contributed by atoms with E-state index in [2.05, 4.69) is 12.1 Å². The maximum absolute atomic E-state index is 8.87. The molecule has 0 saturated carbocycles. The maximum Gasteiger partial charge on any atom is 0.180 e. The molecule has 0 fully saturated rings. The monoisotopic (exact) mass is 205 g/mol. The summed E-state index contributed by atoms with van der Waals surface area (Å²) >= 11 is 0. The van der Waals surface area contributed by atoms with Crippen LogP contribution in [0.2, 0.25) is 0 Å². The Morgan fingerprint density at radius 2 is 2.13 bits per heavy atom. The molecule has 0 spiro atoms. The minimum absolute atomic E-state index is 0.270. The normalized spacial score (nSPS) is 10.3. The lowest BCUT2D eigenvalue weighted by molar-refractivity contribution is 0.322. The number of aliphatic hydroxyl groups is 1. The summed E-state index contributed by atoms with van der Waals surface area (Å²) in [4.78, 5) is 1.54. The second-order valence-corrected chi connectivity index (χ2v) is 3.12. The SMILES string of the molecule is CCCN(C#N)C(C#CO)CCCC#N. The Kier molecular flexibility index (Phi) is 7.64. The molecule has 0 saturated heterocycles. The minimum atomic E-state index is -0.270. The highest BCUT2D eigenvalue weighted by Crippen LogP contribution is 2.07. The van der Waals surface area contributed by atoms with Gasteiger partial charge in [0.1, 0.15) is 12.1 Å². The Bertz CT molecular complexity index is 303. The van der Waals surface area contributed by atoms with Gasteiger partial charge in [0.05, 0.1) is 6.07 Å². The summed E-state index contributed by atoms with van der Waals surface area (Å²) in [7, 11) is 0. The molecule has 0 bridgehead atoms. The molecule has 1 N–H and O–H groups in total. The summed E-state index contributed by atoms with van der Waals surface area (Å²) in [5, 5.41) is 25.8. The molecule has 1 unspecified atom stereocenters. The molecule has 1 atom stereocenters. The van der Waals surface area contributed by atoms with Crippen molar-refractivity contribution in [1.29, 1.82) is 10.5 Å². The summed E-state index contributed by atoms with van der Waals surface area (Å²) in [5.74, 6) is 2.58. The van der Waals surface area contributed by atoms with Crippen molar-refractivity contribution < 1.29 is 5.11 Å². The van der Waals surface area contributed by atoms with Gasteiger partial charge in [0.25, 0.3) is 0 Å². The van der Waals surface area contributed by atoms with Crippen molar-refractivity contribution >= 4 is 0 Å². The van der Waals surface area contributed by atoms with Crippen LogP contribution in [0.4, 0.5) is 0 Å². The van der Waals surface area contributed by atoms with E-state index in [0.717, 1.165) is 6.42 Å². The van der Waals surface area contributed by atoms with Crippen molar-refractivity contribution in [3.8, 4) is 24.3 Å². The van der Waals surface area contributed by atoms with Crippen molar-refractivity contribution in [3.05, 3.63) is 0 Å². The smallest absolute Gasteiger partial charge is 0.180 e. The van der Waals surface area contributed by atoms with E-state index in [4.69, 9.17) is 15.6 Å². The average molecular weight is 205 g/mol. The second kappa shape index (κ2) is 8.73. The lowest BCUT2D eigenvalue weighted by Gasteiger charge is -2.21. The number of hydrogen-bond acceptors (Lipinski definition) is 4. The molecule has 0 aliphatic carbocycles. The highest BCUT2D eigenvalue weighted by atomic mass is 16.2. The average Bonchev–Trinajstić information content (AvgIpc) is 2.25. The number of rotatable bonds is 6. The first kappa shape index (κ1) is 13.1. The molecular weight excluding hydrogens is 190 g/mol. The van der Waals surface area contributed by atoms with Crippen LogP contribution in [0.25, 0.3) is 0 Å². The van der Waals surface area contributed by atoms with Crippen molar-refractivity contribution in [2.45, 2.75) is 38.6 Å². The minimum Gasteiger partial charge on any atom is -0.462 e. The molecule has 4 nitrogen and oxygen atoms in total. The van der Waals surface area contributed by atoms with Gasteiger partial charge in [-0.15, -0.1) is 0 Å². The fourth-order valence-electron chi connectivity index (χ4n) is 1.27. The van der Waals surface area contributed by atoms with E-state index in [1.165, 1.54) is 0 Å². The highest BCUT2D eigenvalue weighted by molar-refractivity contribution is 5.06. The van der Waals surface area contributed by atoms with Crippen LogP contribution in [-0.2, 0) is 0 Å². The van der Waals surface area contributed by atoms with Gasteiger partial charge < -0.3 is 5.11 Å². The Labute approximate surface area is 90.7 Å². The number of nitrogens with zero attached hydrogens (tertiary/aromatic N) is 3. The third kappa shape index (κ3) is 5.45.